The van der Waals surface area contributed by atoms with Gasteiger partial charge >= 0.3 is 6.03 Å². The zero-order valence-corrected chi connectivity index (χ0v) is 18.5. The maximum atomic E-state index is 12.9. The van der Waals surface area contributed by atoms with E-state index in [4.69, 9.17) is 0 Å². The minimum atomic E-state index is -3.54. The van der Waals surface area contributed by atoms with Gasteiger partial charge in [-0.15, -0.1) is 11.3 Å². The van der Waals surface area contributed by atoms with Crippen molar-refractivity contribution < 1.29 is 13.2 Å². The minimum absolute atomic E-state index is 0.0933. The molecule has 0 unspecified atom stereocenters. The molecule has 4 heterocycles. The zero-order chi connectivity index (χ0) is 21.8. The average molecular weight is 462 g/mol. The highest BCUT2D eigenvalue weighted by Crippen LogP contribution is 2.34. The molecule has 0 atom stereocenters. The molecule has 0 bridgehead atoms. The summed E-state index contributed by atoms with van der Waals surface area (Å²) in [6.45, 7) is 3.33. The molecule has 2 amide bonds. The number of carbonyl (C=O) groups excluding carboxylic acids is 1. The van der Waals surface area contributed by atoms with E-state index in [9.17, 15) is 18.5 Å². The summed E-state index contributed by atoms with van der Waals surface area (Å²) in [5.74, 6) is 0.322. The molecule has 0 radical (unpaired) electrons. The summed E-state index contributed by atoms with van der Waals surface area (Å²) >= 11 is 1.11. The van der Waals surface area contributed by atoms with Crippen LogP contribution >= 0.6 is 11.3 Å². The van der Waals surface area contributed by atoms with Gasteiger partial charge in [-0.3, -0.25) is 0 Å². The molecule has 2 aliphatic heterocycles. The lowest BCUT2D eigenvalue weighted by Gasteiger charge is -2.25. The maximum absolute atomic E-state index is 12.9. The number of piperidine rings is 1. The van der Waals surface area contributed by atoms with E-state index in [-0.39, 0.29) is 15.8 Å². The highest BCUT2D eigenvalue weighted by atomic mass is 32.2. The summed E-state index contributed by atoms with van der Waals surface area (Å²) in [7, 11) is -3.54. The first-order chi connectivity index (χ1) is 15.0. The van der Waals surface area contributed by atoms with Crippen LogP contribution < -0.4 is 10.6 Å². The second-order valence-corrected chi connectivity index (χ2v) is 10.5. The van der Waals surface area contributed by atoms with E-state index < -0.39 is 10.0 Å². The molecule has 31 heavy (non-hydrogen) atoms. The lowest BCUT2D eigenvalue weighted by Crippen LogP contribution is -2.35. The summed E-state index contributed by atoms with van der Waals surface area (Å²) in [6, 6.07) is 5.24. The Morgan fingerprint density at radius 1 is 1.23 bits per heavy atom. The van der Waals surface area contributed by atoms with Crippen molar-refractivity contribution in [1.82, 2.24) is 24.5 Å². The molecule has 2 saturated heterocycles. The quantitative estimate of drug-likeness (QED) is 0.641. The van der Waals surface area contributed by atoms with Crippen LogP contribution in [-0.2, 0) is 10.0 Å². The number of anilines is 1. The molecule has 0 aliphatic carbocycles. The van der Waals surface area contributed by atoms with Crippen molar-refractivity contribution in [3.05, 3.63) is 23.9 Å². The number of nitrogens with one attached hydrogen (secondary N) is 2. The van der Waals surface area contributed by atoms with Crippen molar-refractivity contribution in [2.24, 2.45) is 0 Å². The van der Waals surface area contributed by atoms with E-state index in [1.165, 1.54) is 10.5 Å². The van der Waals surface area contributed by atoms with Gasteiger partial charge in [0.15, 0.2) is 0 Å². The van der Waals surface area contributed by atoms with E-state index in [0.717, 1.165) is 30.6 Å². The predicted octanol–water partition coefficient (Wildman–Crippen LogP) is 1.69. The van der Waals surface area contributed by atoms with Gasteiger partial charge in [0, 0.05) is 39.3 Å². The molecular weight excluding hydrogens is 438 g/mol. The molecule has 10 nitrogen and oxygen atoms in total. The summed E-state index contributed by atoms with van der Waals surface area (Å²) in [5, 5.41) is 15.3. The second-order valence-electron chi connectivity index (χ2n) is 7.30. The molecule has 0 spiro atoms. The predicted molar refractivity (Wildman–Crippen MR) is 116 cm³/mol. The van der Waals surface area contributed by atoms with Crippen LogP contribution in [0.1, 0.15) is 24.8 Å². The van der Waals surface area contributed by atoms with Gasteiger partial charge in [0.05, 0.1) is 16.6 Å². The lowest BCUT2D eigenvalue weighted by molar-refractivity contribution is 0.219. The Morgan fingerprint density at radius 3 is 2.74 bits per heavy atom. The number of hydrogen-bond donors (Lipinski definition) is 2. The van der Waals surface area contributed by atoms with Crippen molar-refractivity contribution in [2.45, 2.75) is 23.5 Å². The second kappa shape index (κ2) is 9.17. The third-order valence-corrected chi connectivity index (χ3v) is 8.70. The molecule has 2 N–H and O–H groups in total. The van der Waals surface area contributed by atoms with Crippen molar-refractivity contribution in [3.63, 3.8) is 0 Å². The third-order valence-electron chi connectivity index (χ3n) is 5.24. The summed E-state index contributed by atoms with van der Waals surface area (Å²) in [6.07, 6.45) is 4.21. The molecule has 2 aromatic rings. The van der Waals surface area contributed by atoms with Crippen LogP contribution in [-0.4, -0.2) is 72.9 Å². The van der Waals surface area contributed by atoms with E-state index in [1.807, 2.05) is 0 Å². The third kappa shape index (κ3) is 4.63. The Kier molecular flexibility index (Phi) is 6.35. The number of nitriles is 1. The van der Waals surface area contributed by atoms with Crippen molar-refractivity contribution in [1.29, 1.82) is 5.26 Å². The van der Waals surface area contributed by atoms with Gasteiger partial charge in [-0.05, 0) is 25.0 Å². The number of hydrogen-bond acceptors (Lipinski definition) is 8. The van der Waals surface area contributed by atoms with E-state index in [1.54, 1.807) is 17.0 Å². The van der Waals surface area contributed by atoms with Gasteiger partial charge in [-0.2, -0.15) is 9.57 Å². The summed E-state index contributed by atoms with van der Waals surface area (Å²) in [4.78, 5) is 22.5. The molecule has 4 rings (SSSR count). The Morgan fingerprint density at radius 2 is 2.03 bits per heavy atom. The SMILES string of the molecule is N#Cc1cnc(NCCN2CCNC2=O)nc1-c1ccc(S(=O)(=O)N2CCCCC2)s1. The summed E-state index contributed by atoms with van der Waals surface area (Å²) in [5.41, 5.74) is 0.664. The Hall–Kier alpha value is -2.75. The van der Waals surface area contributed by atoms with Gasteiger partial charge in [-0.25, -0.2) is 23.2 Å². The van der Waals surface area contributed by atoms with Gasteiger partial charge in [0.2, 0.25) is 5.95 Å². The van der Waals surface area contributed by atoms with Crippen LogP contribution in [0.5, 0.6) is 0 Å². The monoisotopic (exact) mass is 461 g/mol. The van der Waals surface area contributed by atoms with Crippen LogP contribution in [0.25, 0.3) is 10.6 Å². The van der Waals surface area contributed by atoms with Crippen molar-refractivity contribution >= 4 is 33.3 Å². The molecule has 2 fully saturated rings. The molecule has 12 heteroatoms. The highest BCUT2D eigenvalue weighted by Gasteiger charge is 2.28. The van der Waals surface area contributed by atoms with E-state index in [0.29, 0.717) is 55.8 Å². The number of thiophene rings is 1. The van der Waals surface area contributed by atoms with Crippen LogP contribution in [0.4, 0.5) is 10.7 Å². The van der Waals surface area contributed by atoms with Gasteiger partial charge < -0.3 is 15.5 Å². The molecule has 0 saturated carbocycles. The van der Waals surface area contributed by atoms with Crippen molar-refractivity contribution in [2.75, 3.05) is 44.6 Å². The smallest absolute Gasteiger partial charge is 0.317 e. The summed E-state index contributed by atoms with van der Waals surface area (Å²) < 4.78 is 27.6. The van der Waals surface area contributed by atoms with Crippen LogP contribution in [0, 0.1) is 11.3 Å². The van der Waals surface area contributed by atoms with Crippen LogP contribution in [0.3, 0.4) is 0 Å². The van der Waals surface area contributed by atoms with E-state index in [2.05, 4.69) is 26.7 Å². The number of nitrogens with zero attached hydrogens (tertiary/aromatic N) is 5. The molecular formula is C19H23N7O3S2. The van der Waals surface area contributed by atoms with Crippen molar-refractivity contribution in [3.8, 4) is 16.6 Å². The van der Waals surface area contributed by atoms with Crippen LogP contribution in [0.15, 0.2) is 22.5 Å². The lowest BCUT2D eigenvalue weighted by atomic mass is 10.2. The van der Waals surface area contributed by atoms with Gasteiger partial charge in [0.1, 0.15) is 16.0 Å². The molecule has 2 aliphatic rings. The number of urea groups is 1. The Labute approximate surface area is 185 Å². The number of aromatic nitrogens is 2. The molecule has 2 aromatic heterocycles. The minimum Gasteiger partial charge on any atom is -0.352 e. The fourth-order valence-electron chi connectivity index (χ4n) is 3.58. The first-order valence-electron chi connectivity index (χ1n) is 10.1. The number of rotatable bonds is 7. The van der Waals surface area contributed by atoms with Gasteiger partial charge in [0.25, 0.3) is 10.0 Å². The molecule has 164 valence electrons. The Bertz CT molecular complexity index is 1100. The fraction of sp³-hybridized carbons (Fsp3) is 0.474. The Balaban J connectivity index is 1.51. The first kappa shape index (κ1) is 21.5. The van der Waals surface area contributed by atoms with Crippen LogP contribution in [0.2, 0.25) is 0 Å². The average Bonchev–Trinajstić information content (AvgIpc) is 3.44. The first-order valence-corrected chi connectivity index (χ1v) is 12.4. The normalized spacial score (nSPS) is 17.4. The highest BCUT2D eigenvalue weighted by molar-refractivity contribution is 7.91. The van der Waals surface area contributed by atoms with Gasteiger partial charge in [-0.1, -0.05) is 6.42 Å². The number of sulfonamides is 1. The largest absolute Gasteiger partial charge is 0.352 e. The molecule has 0 aromatic carbocycles. The number of amides is 2. The zero-order valence-electron chi connectivity index (χ0n) is 16.9. The maximum Gasteiger partial charge on any atom is 0.317 e. The topological polar surface area (TPSA) is 131 Å². The van der Waals surface area contributed by atoms with E-state index >= 15 is 0 Å². The fourth-order valence-corrected chi connectivity index (χ4v) is 6.56. The standard InChI is InChI=1S/C19H23N7O3S2/c20-12-14-13-23-18(21-6-10-25-11-7-22-19(25)27)24-17(14)15-4-5-16(30-15)31(28,29)26-8-2-1-3-9-26/h4-5,13H,1-3,6-11H2,(H,22,27)(H,21,23,24). The number of carbonyl (C=O) groups is 1.